The number of aromatic nitrogens is 2. The Morgan fingerprint density at radius 2 is 0.575 bits per heavy atom. The SMILES string of the molecule is Cn1c2ccc(-c3cccc4c3sc3ccccc34)cc2c2cc(-c3cccc4c3sc3ccccc34)ccc21.Cn1c2ccccc2c2cc(-c3cccc4c3oc3c(-c5cccc6c5sc5ccccc56)cccc34)ccc21. The van der Waals surface area contributed by atoms with Crippen LogP contribution in [0, 0.1) is 0 Å². The first kappa shape index (κ1) is 45.7. The lowest BCUT2D eigenvalue weighted by Crippen LogP contribution is -1.86. The van der Waals surface area contributed by atoms with Crippen LogP contribution in [-0.4, -0.2) is 9.13 Å². The number of hydrogen-bond acceptors (Lipinski definition) is 4. The van der Waals surface area contributed by atoms with Gasteiger partial charge in [-0.25, -0.2) is 0 Å². The van der Waals surface area contributed by atoms with Crippen LogP contribution in [0.2, 0.25) is 0 Å². The van der Waals surface area contributed by atoms with E-state index in [9.17, 15) is 0 Å². The third-order valence-corrected chi connectivity index (χ3v) is 20.5. The highest BCUT2D eigenvalue weighted by Crippen LogP contribution is 2.47. The van der Waals surface area contributed by atoms with Gasteiger partial charge in [0.2, 0.25) is 0 Å². The summed E-state index contributed by atoms with van der Waals surface area (Å²) < 4.78 is 19.5. The standard InChI is InChI=1S/C37H23NOS.C37H23NS2/c1-38-32-17-4-2-9-24(32)31-21-22(19-20-33(31)38)23-11-6-12-26-27-13-7-14-28(36(27)39-35(23)26)30-16-8-15-29-25-10-3-5-18-34(25)40-37(29)30;1-38-32-18-16-22(24-10-6-12-28-26-8-2-4-14-34(26)39-36(24)28)20-30(32)31-21-23(17-19-33(31)38)25-11-7-13-29-27-9-3-5-15-35(27)40-37(25)29/h2*2-21H,1H3. The third-order valence-electron chi connectivity index (χ3n) is 16.9. The summed E-state index contributed by atoms with van der Waals surface area (Å²) in [5, 5.41) is 15.4. The van der Waals surface area contributed by atoms with Gasteiger partial charge in [-0.05, 0) is 88.5 Å². The molecule has 0 fully saturated rings. The monoisotopic (exact) mass is 1070 g/mol. The molecule has 0 saturated carbocycles. The van der Waals surface area contributed by atoms with Crippen molar-refractivity contribution in [2.45, 2.75) is 0 Å². The fourth-order valence-electron chi connectivity index (χ4n) is 13.1. The quantitative estimate of drug-likeness (QED) is 0.172. The van der Waals surface area contributed by atoms with E-state index < -0.39 is 0 Å². The maximum absolute atomic E-state index is 6.85. The molecule has 0 radical (unpaired) electrons. The van der Waals surface area contributed by atoms with Crippen LogP contribution >= 0.6 is 34.0 Å². The molecule has 0 N–H and O–H groups in total. The zero-order valence-corrected chi connectivity index (χ0v) is 46.1. The molecule has 6 heteroatoms. The van der Waals surface area contributed by atoms with Crippen molar-refractivity contribution < 1.29 is 4.42 Å². The van der Waals surface area contributed by atoms with Crippen LogP contribution in [0.5, 0.6) is 0 Å². The molecule has 80 heavy (non-hydrogen) atoms. The van der Waals surface area contributed by atoms with Crippen molar-refractivity contribution in [2.24, 2.45) is 14.1 Å². The first-order chi connectivity index (χ1) is 39.5. The second kappa shape index (κ2) is 17.6. The lowest BCUT2D eigenvalue weighted by Gasteiger charge is -2.06. The van der Waals surface area contributed by atoms with Crippen molar-refractivity contribution in [3.05, 3.63) is 243 Å². The molecule has 6 aromatic heterocycles. The van der Waals surface area contributed by atoms with E-state index in [1.165, 1.54) is 138 Å². The summed E-state index contributed by atoms with van der Waals surface area (Å²) >= 11 is 5.65. The molecule has 0 aliphatic carbocycles. The Kier molecular flexibility index (Phi) is 10.1. The molecule has 376 valence electrons. The van der Waals surface area contributed by atoms with E-state index in [4.69, 9.17) is 4.42 Å². The van der Waals surface area contributed by atoms with E-state index in [-0.39, 0.29) is 0 Å². The number of aryl methyl sites for hydroxylation is 2. The summed E-state index contributed by atoms with van der Waals surface area (Å²) in [5.41, 5.74) is 16.7. The molecule has 0 unspecified atom stereocenters. The zero-order chi connectivity index (χ0) is 52.7. The van der Waals surface area contributed by atoms with Gasteiger partial charge in [-0.3, -0.25) is 0 Å². The Morgan fingerprint density at radius 1 is 0.250 bits per heavy atom. The first-order valence-electron chi connectivity index (χ1n) is 27.2. The van der Waals surface area contributed by atoms with Crippen molar-refractivity contribution in [3.8, 4) is 44.5 Å². The van der Waals surface area contributed by atoms with Gasteiger partial charge in [0.15, 0.2) is 0 Å². The Hall–Kier alpha value is -9.30. The van der Waals surface area contributed by atoms with Gasteiger partial charge in [0.1, 0.15) is 11.2 Å². The number of benzene rings is 12. The van der Waals surface area contributed by atoms with Gasteiger partial charge >= 0.3 is 0 Å². The lowest BCUT2D eigenvalue weighted by atomic mass is 9.98. The molecule has 0 bridgehead atoms. The number of hydrogen-bond donors (Lipinski definition) is 0. The summed E-state index contributed by atoms with van der Waals surface area (Å²) in [5.74, 6) is 0. The molecule has 0 saturated heterocycles. The minimum absolute atomic E-state index is 0.938. The topological polar surface area (TPSA) is 23.0 Å². The van der Waals surface area contributed by atoms with E-state index in [2.05, 4.69) is 266 Å². The number of furan rings is 1. The van der Waals surface area contributed by atoms with E-state index in [0.717, 1.165) is 33.1 Å². The van der Waals surface area contributed by atoms with Crippen LogP contribution in [0.1, 0.15) is 0 Å². The average Bonchev–Trinajstić information content (AvgIpc) is 4.47. The fraction of sp³-hybridized carbons (Fsp3) is 0.0270. The molecule has 3 nitrogen and oxygen atoms in total. The summed E-state index contributed by atoms with van der Waals surface area (Å²) in [7, 11) is 4.33. The predicted molar refractivity (Wildman–Crippen MR) is 349 cm³/mol. The molecule has 0 atom stereocenters. The summed E-state index contributed by atoms with van der Waals surface area (Å²) in [6.07, 6.45) is 0. The van der Waals surface area contributed by atoms with Crippen LogP contribution < -0.4 is 0 Å². The second-order valence-corrected chi connectivity index (χ2v) is 24.3. The van der Waals surface area contributed by atoms with Crippen molar-refractivity contribution in [2.75, 3.05) is 0 Å². The number of nitrogens with zero attached hydrogens (tertiary/aromatic N) is 2. The highest BCUT2D eigenvalue weighted by atomic mass is 32.1. The minimum atomic E-state index is 0.938. The minimum Gasteiger partial charge on any atom is -0.455 e. The second-order valence-electron chi connectivity index (χ2n) is 21.1. The Labute approximate surface area is 471 Å². The van der Waals surface area contributed by atoms with Crippen molar-refractivity contribution >= 4 is 160 Å². The summed E-state index contributed by atoms with van der Waals surface area (Å²) in [4.78, 5) is 0. The largest absolute Gasteiger partial charge is 0.455 e. The molecular formula is C74H46N2OS3. The predicted octanol–water partition coefficient (Wildman–Crippen LogP) is 22.3. The maximum atomic E-state index is 6.85. The van der Waals surface area contributed by atoms with Crippen LogP contribution in [0.25, 0.3) is 171 Å². The van der Waals surface area contributed by atoms with Crippen molar-refractivity contribution in [1.29, 1.82) is 0 Å². The van der Waals surface area contributed by atoms with Gasteiger partial charge in [0.25, 0.3) is 0 Å². The maximum Gasteiger partial charge on any atom is 0.143 e. The first-order valence-corrected chi connectivity index (χ1v) is 29.6. The van der Waals surface area contributed by atoms with Gasteiger partial charge in [-0.1, -0.05) is 182 Å². The molecular weight excluding hydrogens is 1030 g/mol. The number of para-hydroxylation sites is 3. The molecule has 0 aliphatic heterocycles. The molecule has 0 amide bonds. The highest BCUT2D eigenvalue weighted by Gasteiger charge is 2.21. The smallest absolute Gasteiger partial charge is 0.143 e. The fourth-order valence-corrected chi connectivity index (χ4v) is 16.8. The molecule has 12 aromatic carbocycles. The summed E-state index contributed by atoms with van der Waals surface area (Å²) in [6, 6.07) is 88.7. The molecule has 18 aromatic rings. The molecule has 0 spiro atoms. The Bertz CT molecular complexity index is 5430. The zero-order valence-electron chi connectivity index (χ0n) is 43.6. The van der Waals surface area contributed by atoms with Gasteiger partial charge in [0.05, 0.1) is 0 Å². The van der Waals surface area contributed by atoms with Gasteiger partial charge in [-0.15, -0.1) is 34.0 Å². The van der Waals surface area contributed by atoms with Crippen molar-refractivity contribution in [3.63, 3.8) is 0 Å². The van der Waals surface area contributed by atoms with Gasteiger partial charge in [-0.2, -0.15) is 0 Å². The van der Waals surface area contributed by atoms with Crippen molar-refractivity contribution in [1.82, 2.24) is 9.13 Å². The van der Waals surface area contributed by atoms with Gasteiger partial charge in [0, 0.05) is 146 Å². The van der Waals surface area contributed by atoms with Gasteiger partial charge < -0.3 is 13.6 Å². The number of rotatable bonds is 4. The Balaban J connectivity index is 0.000000128. The average molecular weight is 1080 g/mol. The van der Waals surface area contributed by atoms with E-state index in [1.54, 1.807) is 0 Å². The molecule has 18 rings (SSSR count). The highest BCUT2D eigenvalue weighted by molar-refractivity contribution is 7.27. The van der Waals surface area contributed by atoms with E-state index >= 15 is 0 Å². The van der Waals surface area contributed by atoms with Crippen LogP contribution in [0.15, 0.2) is 247 Å². The van der Waals surface area contributed by atoms with E-state index in [1.807, 2.05) is 34.0 Å². The number of thiophene rings is 3. The molecule has 0 aliphatic rings. The van der Waals surface area contributed by atoms with Crippen LogP contribution in [0.4, 0.5) is 0 Å². The van der Waals surface area contributed by atoms with E-state index in [0.29, 0.717) is 0 Å². The third kappa shape index (κ3) is 6.77. The van der Waals surface area contributed by atoms with Crippen LogP contribution in [0.3, 0.4) is 0 Å². The van der Waals surface area contributed by atoms with Crippen LogP contribution in [-0.2, 0) is 14.1 Å². The Morgan fingerprint density at radius 3 is 1.06 bits per heavy atom. The lowest BCUT2D eigenvalue weighted by molar-refractivity contribution is 0.671. The molecule has 6 heterocycles. The number of fused-ring (bicyclic) bond motifs is 18. The summed E-state index contributed by atoms with van der Waals surface area (Å²) in [6.45, 7) is 0. The normalized spacial score (nSPS) is 12.1.